The van der Waals surface area contributed by atoms with E-state index in [2.05, 4.69) is 155 Å². The Balaban J connectivity index is 1.37. The van der Waals surface area contributed by atoms with Crippen LogP contribution in [0.4, 0.5) is 0 Å². The van der Waals surface area contributed by atoms with Crippen LogP contribution >= 0.6 is 0 Å². The molecular weight excluding hydrogens is 585 g/mol. The Kier molecular flexibility index (Phi) is 5.84. The molecule has 0 N–H and O–H groups in total. The second-order valence-electron chi connectivity index (χ2n) is 12.2. The van der Waals surface area contributed by atoms with Crippen LogP contribution in [0, 0.1) is 0 Å². The second-order valence-corrected chi connectivity index (χ2v) is 12.2. The molecule has 3 aromatic heterocycles. The summed E-state index contributed by atoms with van der Waals surface area (Å²) in [6, 6.07) is 60.0. The van der Waals surface area contributed by atoms with Crippen molar-refractivity contribution >= 4 is 54.6 Å². The van der Waals surface area contributed by atoms with Crippen LogP contribution in [0.25, 0.3) is 88.5 Å². The van der Waals surface area contributed by atoms with Crippen LogP contribution in [0.1, 0.15) is 0 Å². The Labute approximate surface area is 276 Å². The average molecular weight is 613 g/mol. The highest BCUT2D eigenvalue weighted by Gasteiger charge is 2.24. The summed E-state index contributed by atoms with van der Waals surface area (Å²) >= 11 is 0. The molecule has 0 atom stereocenters. The summed E-state index contributed by atoms with van der Waals surface area (Å²) < 4.78 is 4.77. The third-order valence-electron chi connectivity index (χ3n) is 9.51. The highest BCUT2D eigenvalue weighted by atomic mass is 15.1. The van der Waals surface area contributed by atoms with E-state index in [-0.39, 0.29) is 0 Å². The van der Waals surface area contributed by atoms with E-state index >= 15 is 0 Å². The molecule has 3 heterocycles. The average Bonchev–Trinajstić information content (AvgIpc) is 3.68. The van der Waals surface area contributed by atoms with Gasteiger partial charge in [0.1, 0.15) is 5.69 Å². The van der Waals surface area contributed by atoms with Crippen LogP contribution in [0.15, 0.2) is 170 Å². The van der Waals surface area contributed by atoms with Crippen molar-refractivity contribution in [3.05, 3.63) is 170 Å². The van der Waals surface area contributed by atoms with Crippen molar-refractivity contribution in [2.75, 3.05) is 0 Å². The van der Waals surface area contributed by atoms with Crippen molar-refractivity contribution in [3.8, 4) is 33.9 Å². The van der Waals surface area contributed by atoms with Gasteiger partial charge in [-0.05, 0) is 47.5 Å². The molecule has 0 aliphatic heterocycles. The Morgan fingerprint density at radius 3 is 1.46 bits per heavy atom. The number of benzene rings is 7. The zero-order valence-corrected chi connectivity index (χ0v) is 26.0. The molecule has 0 aliphatic rings. The van der Waals surface area contributed by atoms with Gasteiger partial charge in [0, 0.05) is 32.8 Å². The molecule has 10 rings (SSSR count). The summed E-state index contributed by atoms with van der Waals surface area (Å²) in [5.74, 6) is 0.815. The molecule has 0 aliphatic carbocycles. The Morgan fingerprint density at radius 2 is 0.812 bits per heavy atom. The Bertz CT molecular complexity index is 2810. The highest BCUT2D eigenvalue weighted by molar-refractivity contribution is 6.24. The predicted molar refractivity (Wildman–Crippen MR) is 199 cm³/mol. The summed E-state index contributed by atoms with van der Waals surface area (Å²) in [5, 5.41) is 4.77. The van der Waals surface area contributed by atoms with Crippen LogP contribution in [-0.4, -0.2) is 19.1 Å². The minimum absolute atomic E-state index is 0.815. The predicted octanol–water partition coefficient (Wildman–Crippen LogP) is 11.2. The number of rotatable bonds is 4. The first-order valence-electron chi connectivity index (χ1n) is 16.3. The van der Waals surface area contributed by atoms with E-state index in [4.69, 9.17) is 9.97 Å². The number of nitrogens with zero attached hydrogens (tertiary/aromatic N) is 4. The molecule has 0 amide bonds. The van der Waals surface area contributed by atoms with Gasteiger partial charge in [-0.2, -0.15) is 0 Å². The smallest absolute Gasteiger partial charge is 0.165 e. The zero-order chi connectivity index (χ0) is 31.6. The third kappa shape index (κ3) is 3.96. The molecule has 0 radical (unpaired) electrons. The van der Waals surface area contributed by atoms with Gasteiger partial charge in [-0.1, -0.05) is 133 Å². The summed E-state index contributed by atoms with van der Waals surface area (Å²) in [6.07, 6.45) is 0. The summed E-state index contributed by atoms with van der Waals surface area (Å²) in [6.45, 7) is 0. The molecule has 0 spiro atoms. The lowest BCUT2D eigenvalue weighted by atomic mass is 10.1. The van der Waals surface area contributed by atoms with E-state index in [0.717, 1.165) is 55.9 Å². The summed E-state index contributed by atoms with van der Waals surface area (Å²) in [5.41, 5.74) is 11.6. The van der Waals surface area contributed by atoms with Gasteiger partial charge in [0.05, 0.1) is 33.1 Å². The van der Waals surface area contributed by atoms with Gasteiger partial charge in [-0.3, -0.25) is 4.57 Å². The summed E-state index contributed by atoms with van der Waals surface area (Å²) in [7, 11) is 0. The molecule has 7 aromatic carbocycles. The molecule has 0 saturated heterocycles. The van der Waals surface area contributed by atoms with E-state index in [9.17, 15) is 0 Å². The number of aromatic nitrogens is 4. The van der Waals surface area contributed by atoms with Crippen LogP contribution in [0.2, 0.25) is 0 Å². The van der Waals surface area contributed by atoms with Crippen LogP contribution < -0.4 is 0 Å². The van der Waals surface area contributed by atoms with Gasteiger partial charge < -0.3 is 4.57 Å². The van der Waals surface area contributed by atoms with Crippen molar-refractivity contribution in [3.63, 3.8) is 0 Å². The van der Waals surface area contributed by atoms with Crippen molar-refractivity contribution in [1.29, 1.82) is 0 Å². The fourth-order valence-electron chi connectivity index (χ4n) is 7.36. The standard InChI is InChI=1S/C44H28N4/c1-3-13-29(14-4-1)30-23-25-32(26-24-30)47-39-21-11-7-17-33(39)35-27-28-36-34-18-8-12-22-40(34)48(43(36)42(35)47)44-41(31-15-5-2-6-16-31)45-37-19-9-10-20-38(37)46-44/h1-28H. The van der Waals surface area contributed by atoms with Gasteiger partial charge in [0.2, 0.25) is 0 Å². The van der Waals surface area contributed by atoms with Crippen LogP contribution in [0.3, 0.4) is 0 Å². The number of hydrogen-bond acceptors (Lipinski definition) is 2. The van der Waals surface area contributed by atoms with Crippen molar-refractivity contribution < 1.29 is 0 Å². The van der Waals surface area contributed by atoms with Gasteiger partial charge in [-0.25, -0.2) is 9.97 Å². The maximum atomic E-state index is 5.39. The monoisotopic (exact) mass is 612 g/mol. The molecule has 4 heteroatoms. The van der Waals surface area contributed by atoms with Gasteiger partial charge in [0.25, 0.3) is 0 Å². The Morgan fingerprint density at radius 1 is 0.333 bits per heavy atom. The second kappa shape index (κ2) is 10.5. The third-order valence-corrected chi connectivity index (χ3v) is 9.51. The van der Waals surface area contributed by atoms with Crippen molar-refractivity contribution in [2.45, 2.75) is 0 Å². The van der Waals surface area contributed by atoms with E-state index in [0.29, 0.717) is 0 Å². The van der Waals surface area contributed by atoms with E-state index in [1.165, 1.54) is 32.7 Å². The molecule has 0 fully saturated rings. The number of fused-ring (bicyclic) bond motifs is 8. The normalized spacial score (nSPS) is 11.8. The summed E-state index contributed by atoms with van der Waals surface area (Å²) in [4.78, 5) is 10.7. The highest BCUT2D eigenvalue weighted by Crippen LogP contribution is 2.42. The maximum absolute atomic E-state index is 5.39. The molecular formula is C44H28N4. The van der Waals surface area contributed by atoms with Crippen molar-refractivity contribution in [1.82, 2.24) is 19.1 Å². The van der Waals surface area contributed by atoms with Gasteiger partial charge in [0.15, 0.2) is 5.82 Å². The number of hydrogen-bond donors (Lipinski definition) is 0. The van der Waals surface area contributed by atoms with Crippen LogP contribution in [0.5, 0.6) is 0 Å². The molecule has 4 nitrogen and oxygen atoms in total. The van der Waals surface area contributed by atoms with Crippen LogP contribution in [-0.2, 0) is 0 Å². The topological polar surface area (TPSA) is 35.6 Å². The lowest BCUT2D eigenvalue weighted by molar-refractivity contribution is 1.08. The quantitative estimate of drug-likeness (QED) is 0.198. The SMILES string of the molecule is c1ccc(-c2ccc(-n3c4ccccc4c4ccc5c6ccccc6n(-c6nc7ccccc7nc6-c6ccccc6)c5c43)cc2)cc1. The minimum atomic E-state index is 0.815. The molecule has 10 aromatic rings. The van der Waals surface area contributed by atoms with E-state index < -0.39 is 0 Å². The van der Waals surface area contributed by atoms with E-state index in [1.807, 2.05) is 24.3 Å². The largest absolute Gasteiger partial charge is 0.307 e. The zero-order valence-electron chi connectivity index (χ0n) is 26.0. The minimum Gasteiger partial charge on any atom is -0.307 e. The first-order valence-corrected chi connectivity index (χ1v) is 16.3. The first-order chi connectivity index (χ1) is 23.8. The molecule has 0 saturated carbocycles. The number of para-hydroxylation sites is 4. The maximum Gasteiger partial charge on any atom is 0.165 e. The molecule has 0 unspecified atom stereocenters. The molecule has 48 heavy (non-hydrogen) atoms. The van der Waals surface area contributed by atoms with Gasteiger partial charge >= 0.3 is 0 Å². The fourth-order valence-corrected chi connectivity index (χ4v) is 7.36. The lowest BCUT2D eigenvalue weighted by Crippen LogP contribution is -2.05. The lowest BCUT2D eigenvalue weighted by Gasteiger charge is -2.15. The molecule has 0 bridgehead atoms. The van der Waals surface area contributed by atoms with E-state index in [1.54, 1.807) is 0 Å². The van der Waals surface area contributed by atoms with Crippen molar-refractivity contribution in [2.24, 2.45) is 0 Å². The Hall–Kier alpha value is -6.52. The first kappa shape index (κ1) is 26.7. The van der Waals surface area contributed by atoms with Gasteiger partial charge in [-0.15, -0.1) is 0 Å². The molecule has 224 valence electrons. The fraction of sp³-hybridized carbons (Fsp3) is 0.